The van der Waals surface area contributed by atoms with E-state index in [0.717, 1.165) is 0 Å². The minimum atomic E-state index is -0.388. The highest BCUT2D eigenvalue weighted by molar-refractivity contribution is 6.33. The molecule has 0 atom stereocenters. The number of anilines is 1. The highest BCUT2D eigenvalue weighted by Gasteiger charge is 2.21. The SMILES string of the molecule is Cc1ccc(NC(=O)c2c(C)nn(CC(C)C)c2Cl)cc1F. The molecule has 1 aromatic heterocycles. The lowest BCUT2D eigenvalue weighted by molar-refractivity contribution is 0.102. The molecule has 0 aliphatic heterocycles. The van der Waals surface area contributed by atoms with Gasteiger partial charge in [-0.05, 0) is 37.5 Å². The summed E-state index contributed by atoms with van der Waals surface area (Å²) < 4.78 is 15.2. The number of aromatic nitrogens is 2. The fourth-order valence-electron chi connectivity index (χ4n) is 2.14. The third-order valence-electron chi connectivity index (χ3n) is 3.26. The van der Waals surface area contributed by atoms with Crippen molar-refractivity contribution in [1.82, 2.24) is 9.78 Å². The van der Waals surface area contributed by atoms with Crippen molar-refractivity contribution in [2.45, 2.75) is 34.2 Å². The second kappa shape index (κ2) is 6.48. The number of benzene rings is 1. The van der Waals surface area contributed by atoms with Crippen molar-refractivity contribution in [3.05, 3.63) is 46.0 Å². The molecule has 0 unspecified atom stereocenters. The van der Waals surface area contributed by atoms with Crippen LogP contribution < -0.4 is 5.32 Å². The lowest BCUT2D eigenvalue weighted by atomic mass is 10.2. The summed E-state index contributed by atoms with van der Waals surface area (Å²) in [6.07, 6.45) is 0. The average molecular weight is 324 g/mol. The fourth-order valence-corrected chi connectivity index (χ4v) is 2.47. The smallest absolute Gasteiger partial charge is 0.260 e. The maximum atomic E-state index is 13.5. The van der Waals surface area contributed by atoms with E-state index in [1.54, 1.807) is 30.7 Å². The third-order valence-corrected chi connectivity index (χ3v) is 3.64. The molecule has 0 fully saturated rings. The Morgan fingerprint density at radius 2 is 2.09 bits per heavy atom. The molecule has 2 rings (SSSR count). The predicted molar refractivity (Wildman–Crippen MR) is 85.9 cm³/mol. The van der Waals surface area contributed by atoms with Gasteiger partial charge < -0.3 is 5.32 Å². The monoisotopic (exact) mass is 323 g/mol. The quantitative estimate of drug-likeness (QED) is 0.916. The van der Waals surface area contributed by atoms with Gasteiger partial charge in [-0.2, -0.15) is 5.10 Å². The van der Waals surface area contributed by atoms with Gasteiger partial charge in [0.1, 0.15) is 11.0 Å². The Morgan fingerprint density at radius 1 is 1.41 bits per heavy atom. The van der Waals surface area contributed by atoms with Gasteiger partial charge in [0, 0.05) is 12.2 Å². The van der Waals surface area contributed by atoms with E-state index in [1.165, 1.54) is 6.07 Å². The summed E-state index contributed by atoms with van der Waals surface area (Å²) in [6, 6.07) is 4.55. The van der Waals surface area contributed by atoms with Gasteiger partial charge in [0.25, 0.3) is 5.91 Å². The lowest BCUT2D eigenvalue weighted by Gasteiger charge is -2.08. The first-order valence-corrected chi connectivity index (χ1v) is 7.47. The van der Waals surface area contributed by atoms with E-state index in [-0.39, 0.29) is 11.7 Å². The van der Waals surface area contributed by atoms with Crippen LogP contribution in [0, 0.1) is 25.6 Å². The number of hydrogen-bond acceptors (Lipinski definition) is 2. The van der Waals surface area contributed by atoms with Crippen molar-refractivity contribution in [2.24, 2.45) is 5.92 Å². The van der Waals surface area contributed by atoms with E-state index in [0.29, 0.717) is 40.1 Å². The van der Waals surface area contributed by atoms with Crippen LogP contribution >= 0.6 is 11.6 Å². The molecule has 0 saturated heterocycles. The number of amides is 1. The van der Waals surface area contributed by atoms with Crippen molar-refractivity contribution < 1.29 is 9.18 Å². The molecule has 0 saturated carbocycles. The predicted octanol–water partition coefficient (Wildman–Crippen LogP) is 4.20. The Hall–Kier alpha value is -1.88. The van der Waals surface area contributed by atoms with E-state index >= 15 is 0 Å². The number of hydrogen-bond donors (Lipinski definition) is 1. The number of rotatable bonds is 4. The van der Waals surface area contributed by atoms with Crippen LogP contribution in [-0.4, -0.2) is 15.7 Å². The number of halogens is 2. The fraction of sp³-hybridized carbons (Fsp3) is 0.375. The van der Waals surface area contributed by atoms with Crippen LogP contribution in [-0.2, 0) is 6.54 Å². The Kier molecular flexibility index (Phi) is 4.86. The molecule has 0 spiro atoms. The maximum Gasteiger partial charge on any atom is 0.260 e. The second-order valence-electron chi connectivity index (χ2n) is 5.75. The topological polar surface area (TPSA) is 46.9 Å². The molecule has 2 aromatic rings. The standard InChI is InChI=1S/C16H19ClFN3O/c1-9(2)8-21-15(17)14(11(4)20-21)16(22)19-12-6-5-10(3)13(18)7-12/h5-7,9H,8H2,1-4H3,(H,19,22). The van der Waals surface area contributed by atoms with Crippen LogP contribution in [0.1, 0.15) is 35.5 Å². The number of carbonyl (C=O) groups is 1. The molecule has 1 aromatic carbocycles. The minimum absolute atomic E-state index is 0.302. The van der Waals surface area contributed by atoms with E-state index in [4.69, 9.17) is 11.6 Å². The van der Waals surface area contributed by atoms with Crippen LogP contribution in [0.2, 0.25) is 5.15 Å². The zero-order valence-electron chi connectivity index (χ0n) is 13.1. The zero-order valence-corrected chi connectivity index (χ0v) is 13.8. The summed E-state index contributed by atoms with van der Waals surface area (Å²) >= 11 is 6.26. The van der Waals surface area contributed by atoms with Gasteiger partial charge in [-0.15, -0.1) is 0 Å². The minimum Gasteiger partial charge on any atom is -0.322 e. The highest BCUT2D eigenvalue weighted by atomic mass is 35.5. The summed E-state index contributed by atoms with van der Waals surface area (Å²) in [7, 11) is 0. The largest absolute Gasteiger partial charge is 0.322 e. The summed E-state index contributed by atoms with van der Waals surface area (Å²) in [6.45, 7) is 8.11. The van der Waals surface area contributed by atoms with Crippen LogP contribution in [0.3, 0.4) is 0 Å². The van der Waals surface area contributed by atoms with E-state index in [9.17, 15) is 9.18 Å². The molecule has 118 valence electrons. The zero-order chi connectivity index (χ0) is 16.4. The maximum absolute atomic E-state index is 13.5. The molecule has 0 radical (unpaired) electrons. The molecule has 0 aliphatic rings. The second-order valence-corrected chi connectivity index (χ2v) is 6.10. The molecule has 0 aliphatic carbocycles. The normalized spacial score (nSPS) is 11.0. The Labute approximate surface area is 134 Å². The summed E-state index contributed by atoms with van der Waals surface area (Å²) in [5, 5.41) is 7.25. The lowest BCUT2D eigenvalue weighted by Crippen LogP contribution is -2.13. The van der Waals surface area contributed by atoms with Gasteiger partial charge in [-0.25, -0.2) is 4.39 Å². The molecule has 6 heteroatoms. The van der Waals surface area contributed by atoms with E-state index < -0.39 is 0 Å². The highest BCUT2D eigenvalue weighted by Crippen LogP contribution is 2.23. The van der Waals surface area contributed by atoms with Gasteiger partial charge in [-0.1, -0.05) is 31.5 Å². The number of carbonyl (C=O) groups excluding carboxylic acids is 1. The first kappa shape index (κ1) is 16.5. The number of nitrogens with zero attached hydrogens (tertiary/aromatic N) is 2. The molecule has 1 N–H and O–H groups in total. The number of nitrogens with one attached hydrogen (secondary N) is 1. The van der Waals surface area contributed by atoms with Gasteiger partial charge in [0.15, 0.2) is 0 Å². The molecule has 4 nitrogen and oxygen atoms in total. The van der Waals surface area contributed by atoms with Gasteiger partial charge in [0.05, 0.1) is 11.3 Å². The van der Waals surface area contributed by atoms with Crippen molar-refractivity contribution in [1.29, 1.82) is 0 Å². The summed E-state index contributed by atoms with van der Waals surface area (Å²) in [5.74, 6) is -0.393. The Balaban J connectivity index is 2.26. The van der Waals surface area contributed by atoms with Gasteiger partial charge in [0.2, 0.25) is 0 Å². The van der Waals surface area contributed by atoms with Gasteiger partial charge in [-0.3, -0.25) is 9.48 Å². The first-order valence-electron chi connectivity index (χ1n) is 7.10. The van der Waals surface area contributed by atoms with Crippen molar-refractivity contribution >= 4 is 23.2 Å². The third kappa shape index (κ3) is 3.47. The van der Waals surface area contributed by atoms with Crippen LogP contribution in [0.25, 0.3) is 0 Å². The van der Waals surface area contributed by atoms with E-state index in [1.807, 2.05) is 13.8 Å². The van der Waals surface area contributed by atoms with Crippen molar-refractivity contribution in [3.8, 4) is 0 Å². The molecule has 0 bridgehead atoms. The van der Waals surface area contributed by atoms with Crippen molar-refractivity contribution in [2.75, 3.05) is 5.32 Å². The van der Waals surface area contributed by atoms with Gasteiger partial charge >= 0.3 is 0 Å². The van der Waals surface area contributed by atoms with Crippen LogP contribution in [0.15, 0.2) is 18.2 Å². The summed E-state index contributed by atoms with van der Waals surface area (Å²) in [5.41, 5.74) is 1.79. The molecule has 22 heavy (non-hydrogen) atoms. The Morgan fingerprint density at radius 3 is 2.68 bits per heavy atom. The van der Waals surface area contributed by atoms with Crippen molar-refractivity contribution in [3.63, 3.8) is 0 Å². The Bertz CT molecular complexity index is 710. The summed E-state index contributed by atoms with van der Waals surface area (Å²) in [4.78, 5) is 12.4. The van der Waals surface area contributed by atoms with Crippen LogP contribution in [0.5, 0.6) is 0 Å². The first-order chi connectivity index (χ1) is 10.3. The average Bonchev–Trinajstić information content (AvgIpc) is 2.68. The van der Waals surface area contributed by atoms with E-state index in [2.05, 4.69) is 10.4 Å². The molecular formula is C16H19ClFN3O. The molecular weight excluding hydrogens is 305 g/mol. The number of aryl methyl sites for hydroxylation is 2. The molecule has 1 amide bonds. The van der Waals surface area contributed by atoms with Crippen LogP contribution in [0.4, 0.5) is 10.1 Å². The molecule has 1 heterocycles.